The van der Waals surface area contributed by atoms with Gasteiger partial charge in [-0.25, -0.2) is 4.98 Å². The third kappa shape index (κ3) is 4.21. The highest BCUT2D eigenvalue weighted by Gasteiger charge is 2.07. The molecular formula is C15H20N2O2S. The van der Waals surface area contributed by atoms with Gasteiger partial charge in [0.15, 0.2) is 11.5 Å². The molecule has 1 N–H and O–H groups in total. The number of methoxy groups -OCH3 is 1. The van der Waals surface area contributed by atoms with Crippen LogP contribution in [0, 0.1) is 0 Å². The maximum absolute atomic E-state index is 5.81. The van der Waals surface area contributed by atoms with E-state index in [2.05, 4.69) is 23.3 Å². The number of nitrogens with zero attached hydrogens (tertiary/aromatic N) is 1. The van der Waals surface area contributed by atoms with Gasteiger partial charge in [0.2, 0.25) is 0 Å². The summed E-state index contributed by atoms with van der Waals surface area (Å²) in [5.41, 5.74) is 1.19. The molecule has 1 heterocycles. The molecule has 0 saturated heterocycles. The molecule has 0 bridgehead atoms. The zero-order valence-electron chi connectivity index (χ0n) is 11.9. The summed E-state index contributed by atoms with van der Waals surface area (Å²) in [5, 5.41) is 6.28. The summed E-state index contributed by atoms with van der Waals surface area (Å²) in [7, 11) is 1.65. The van der Waals surface area contributed by atoms with Crippen LogP contribution in [0.3, 0.4) is 0 Å². The zero-order valence-corrected chi connectivity index (χ0v) is 12.7. The van der Waals surface area contributed by atoms with E-state index in [1.165, 1.54) is 5.56 Å². The highest BCUT2D eigenvalue weighted by Crippen LogP contribution is 2.29. The summed E-state index contributed by atoms with van der Waals surface area (Å²) < 4.78 is 11.1. The van der Waals surface area contributed by atoms with Gasteiger partial charge in [0.05, 0.1) is 7.11 Å². The standard InChI is InChI=1S/C15H20N2O2S/c1-3-6-16-10-12-4-5-13(18-2)14(9-12)19-11-15-17-7-8-20-15/h4-5,7-9,16H,3,6,10-11H2,1-2H3. The molecule has 0 unspecified atom stereocenters. The first-order valence-electron chi connectivity index (χ1n) is 6.72. The second-order valence-corrected chi connectivity index (χ2v) is 5.36. The Bertz CT molecular complexity index is 515. The van der Waals surface area contributed by atoms with Gasteiger partial charge < -0.3 is 14.8 Å². The van der Waals surface area contributed by atoms with Gasteiger partial charge >= 0.3 is 0 Å². The molecule has 0 amide bonds. The first-order chi connectivity index (χ1) is 9.83. The Morgan fingerprint density at radius 2 is 2.20 bits per heavy atom. The number of benzene rings is 1. The molecule has 5 heteroatoms. The molecule has 20 heavy (non-hydrogen) atoms. The molecular weight excluding hydrogens is 272 g/mol. The molecule has 1 aromatic carbocycles. The lowest BCUT2D eigenvalue weighted by Crippen LogP contribution is -2.13. The van der Waals surface area contributed by atoms with Gasteiger partial charge in [-0.3, -0.25) is 0 Å². The van der Waals surface area contributed by atoms with Crippen molar-refractivity contribution in [2.24, 2.45) is 0 Å². The molecule has 0 aliphatic heterocycles. The predicted molar refractivity (Wildman–Crippen MR) is 81.4 cm³/mol. The van der Waals surface area contributed by atoms with Crippen LogP contribution in [-0.4, -0.2) is 18.6 Å². The maximum Gasteiger partial charge on any atom is 0.162 e. The van der Waals surface area contributed by atoms with Crippen molar-refractivity contribution < 1.29 is 9.47 Å². The molecule has 4 nitrogen and oxygen atoms in total. The number of ether oxygens (including phenoxy) is 2. The lowest BCUT2D eigenvalue weighted by Gasteiger charge is -2.12. The van der Waals surface area contributed by atoms with Gasteiger partial charge in [0.25, 0.3) is 0 Å². The third-order valence-electron chi connectivity index (χ3n) is 2.82. The van der Waals surface area contributed by atoms with E-state index < -0.39 is 0 Å². The van der Waals surface area contributed by atoms with Crippen LogP contribution >= 0.6 is 11.3 Å². The highest BCUT2D eigenvalue weighted by molar-refractivity contribution is 7.09. The van der Waals surface area contributed by atoms with Crippen LogP contribution in [-0.2, 0) is 13.2 Å². The van der Waals surface area contributed by atoms with Crippen LogP contribution in [0.5, 0.6) is 11.5 Å². The van der Waals surface area contributed by atoms with Gasteiger partial charge in [-0.05, 0) is 30.7 Å². The fourth-order valence-electron chi connectivity index (χ4n) is 1.82. The van der Waals surface area contributed by atoms with Gasteiger partial charge in [-0.15, -0.1) is 11.3 Å². The van der Waals surface area contributed by atoms with Gasteiger partial charge in [0, 0.05) is 18.1 Å². The number of nitrogens with one attached hydrogen (secondary N) is 1. The molecule has 0 radical (unpaired) electrons. The Labute approximate surface area is 123 Å². The lowest BCUT2D eigenvalue weighted by molar-refractivity contribution is 0.283. The summed E-state index contributed by atoms with van der Waals surface area (Å²) in [6.45, 7) is 4.48. The normalized spacial score (nSPS) is 10.5. The Kier molecular flexibility index (Phi) is 5.83. The van der Waals surface area contributed by atoms with E-state index in [4.69, 9.17) is 9.47 Å². The number of aromatic nitrogens is 1. The largest absolute Gasteiger partial charge is 0.493 e. The summed E-state index contributed by atoms with van der Waals surface area (Å²) in [6.07, 6.45) is 2.91. The second kappa shape index (κ2) is 7.87. The summed E-state index contributed by atoms with van der Waals surface area (Å²) >= 11 is 1.59. The van der Waals surface area contributed by atoms with Gasteiger partial charge in [0.1, 0.15) is 11.6 Å². The van der Waals surface area contributed by atoms with Crippen LogP contribution in [0.25, 0.3) is 0 Å². The molecule has 108 valence electrons. The van der Waals surface area contributed by atoms with E-state index >= 15 is 0 Å². The minimum atomic E-state index is 0.472. The predicted octanol–water partition coefficient (Wildman–Crippen LogP) is 3.23. The van der Waals surface area contributed by atoms with Crippen molar-refractivity contribution in [1.82, 2.24) is 10.3 Å². The second-order valence-electron chi connectivity index (χ2n) is 4.38. The monoisotopic (exact) mass is 292 g/mol. The summed E-state index contributed by atoms with van der Waals surface area (Å²) in [6, 6.07) is 6.02. The average molecular weight is 292 g/mol. The molecule has 0 fully saturated rings. The summed E-state index contributed by atoms with van der Waals surface area (Å²) in [5.74, 6) is 1.51. The van der Waals surface area contributed by atoms with Gasteiger partial charge in [-0.1, -0.05) is 13.0 Å². The molecule has 1 aromatic heterocycles. The first-order valence-corrected chi connectivity index (χ1v) is 7.60. The molecule has 0 aliphatic carbocycles. The van der Waals surface area contributed by atoms with E-state index in [9.17, 15) is 0 Å². The zero-order chi connectivity index (χ0) is 14.2. The number of rotatable bonds is 8. The van der Waals surface area contributed by atoms with Crippen molar-refractivity contribution in [3.05, 3.63) is 40.3 Å². The van der Waals surface area contributed by atoms with Crippen molar-refractivity contribution >= 4 is 11.3 Å². The lowest BCUT2D eigenvalue weighted by atomic mass is 10.2. The van der Waals surface area contributed by atoms with E-state index in [-0.39, 0.29) is 0 Å². The van der Waals surface area contributed by atoms with Crippen molar-refractivity contribution in [3.8, 4) is 11.5 Å². The van der Waals surface area contributed by atoms with Crippen LogP contribution in [0.15, 0.2) is 29.8 Å². The Morgan fingerprint density at radius 3 is 2.90 bits per heavy atom. The Morgan fingerprint density at radius 1 is 1.30 bits per heavy atom. The van der Waals surface area contributed by atoms with Crippen molar-refractivity contribution in [2.45, 2.75) is 26.5 Å². The molecule has 2 aromatic rings. The van der Waals surface area contributed by atoms with Crippen molar-refractivity contribution in [3.63, 3.8) is 0 Å². The molecule has 2 rings (SSSR count). The molecule has 0 aliphatic rings. The van der Waals surface area contributed by atoms with Crippen LogP contribution in [0.4, 0.5) is 0 Å². The molecule has 0 atom stereocenters. The SMILES string of the molecule is CCCNCc1ccc(OC)c(OCc2nccs2)c1. The smallest absolute Gasteiger partial charge is 0.162 e. The van der Waals surface area contributed by atoms with Crippen molar-refractivity contribution in [1.29, 1.82) is 0 Å². The van der Waals surface area contributed by atoms with E-state index in [1.807, 2.05) is 17.5 Å². The average Bonchev–Trinajstić information content (AvgIpc) is 2.99. The van der Waals surface area contributed by atoms with E-state index in [0.717, 1.165) is 36.0 Å². The molecule has 0 saturated carbocycles. The van der Waals surface area contributed by atoms with E-state index in [1.54, 1.807) is 24.6 Å². The quantitative estimate of drug-likeness (QED) is 0.759. The number of hydrogen-bond acceptors (Lipinski definition) is 5. The van der Waals surface area contributed by atoms with Crippen molar-refractivity contribution in [2.75, 3.05) is 13.7 Å². The van der Waals surface area contributed by atoms with Crippen LogP contribution in [0.1, 0.15) is 23.9 Å². The van der Waals surface area contributed by atoms with Crippen LogP contribution < -0.4 is 14.8 Å². The highest BCUT2D eigenvalue weighted by atomic mass is 32.1. The van der Waals surface area contributed by atoms with Gasteiger partial charge in [-0.2, -0.15) is 0 Å². The minimum absolute atomic E-state index is 0.472. The maximum atomic E-state index is 5.81. The number of thiazole rings is 1. The fourth-order valence-corrected chi connectivity index (χ4v) is 2.34. The summed E-state index contributed by atoms with van der Waals surface area (Å²) in [4.78, 5) is 4.21. The van der Waals surface area contributed by atoms with E-state index in [0.29, 0.717) is 6.61 Å². The fraction of sp³-hybridized carbons (Fsp3) is 0.400. The Balaban J connectivity index is 2.02. The van der Waals surface area contributed by atoms with Crippen LogP contribution in [0.2, 0.25) is 0 Å². The minimum Gasteiger partial charge on any atom is -0.493 e. The number of hydrogen-bond donors (Lipinski definition) is 1. The molecule has 0 spiro atoms. The third-order valence-corrected chi connectivity index (χ3v) is 3.57. The first kappa shape index (κ1) is 14.8. The Hall–Kier alpha value is -1.59. The topological polar surface area (TPSA) is 43.4 Å².